The molecule has 0 heterocycles. The topological polar surface area (TPSA) is 211 Å². The van der Waals surface area contributed by atoms with E-state index in [1.54, 1.807) is 0 Å². The van der Waals surface area contributed by atoms with Gasteiger partial charge in [-0.25, -0.2) is 0 Å². The monoisotopic (exact) mass is 386 g/mol. The van der Waals surface area contributed by atoms with Crippen LogP contribution in [0, 0.1) is 0 Å². The van der Waals surface area contributed by atoms with Crippen molar-refractivity contribution in [3.63, 3.8) is 0 Å². The molecule has 0 rings (SSSR count). The van der Waals surface area contributed by atoms with Gasteiger partial charge < -0.3 is 27.4 Å². The van der Waals surface area contributed by atoms with E-state index in [9.17, 15) is 0 Å². The summed E-state index contributed by atoms with van der Waals surface area (Å²) >= 11 is 0. The Morgan fingerprint density at radius 2 is 0.462 bits per heavy atom. The molecule has 0 atom stereocenters. The van der Waals surface area contributed by atoms with Crippen LogP contribution in [0.4, 0.5) is 0 Å². The summed E-state index contributed by atoms with van der Waals surface area (Å²) in [6, 6.07) is 0. The standard InChI is InChI=1S/2Nb.2O2Si.5O/c;;2*1-3-2;;;;;/q2*+5;;;5*-2. The zero-order chi connectivity index (χ0) is 5.41. The second kappa shape index (κ2) is 216. The van der Waals surface area contributed by atoms with Crippen LogP contribution in [0.5, 0.6) is 0 Å². The molecule has 13 heavy (non-hydrogen) atoms. The predicted octanol–water partition coefficient (Wildman–Crippen LogP) is -1.84. The van der Waals surface area contributed by atoms with E-state index >= 15 is 0 Å². The quantitative estimate of drug-likeness (QED) is 0.439. The largest absolute Gasteiger partial charge is 5.00 e. The molecule has 0 aromatic rings. The summed E-state index contributed by atoms with van der Waals surface area (Å²) in [5.74, 6) is 0. The van der Waals surface area contributed by atoms with Crippen LogP contribution in [0.25, 0.3) is 0 Å². The maximum Gasteiger partial charge on any atom is 5.00 e. The molecule has 0 aliphatic rings. The molecular weight excluding hydrogens is 386 g/mol. The Labute approximate surface area is 108 Å². The molecular formula is Nb2O9Si2. The van der Waals surface area contributed by atoms with Gasteiger partial charge in [0.15, 0.2) is 0 Å². The summed E-state index contributed by atoms with van der Waals surface area (Å²) in [6.45, 7) is 0. The maximum absolute atomic E-state index is 8.40. The zero-order valence-electron chi connectivity index (χ0n) is 5.57. The van der Waals surface area contributed by atoms with Gasteiger partial charge in [0.05, 0.1) is 0 Å². The molecule has 0 saturated heterocycles. The van der Waals surface area contributed by atoms with Crippen LogP contribution in [0.15, 0.2) is 0 Å². The summed E-state index contributed by atoms with van der Waals surface area (Å²) in [4.78, 5) is 0. The summed E-state index contributed by atoms with van der Waals surface area (Å²) in [5, 5.41) is 0. The van der Waals surface area contributed by atoms with Crippen molar-refractivity contribution in [1.29, 1.82) is 0 Å². The van der Waals surface area contributed by atoms with Gasteiger partial charge in [-0.3, -0.25) is 17.8 Å². The minimum absolute atomic E-state index is 0. The first-order chi connectivity index (χ1) is 2.83. The third-order valence-corrected chi connectivity index (χ3v) is 0. The Balaban J connectivity index is -0.00000000229. The second-order valence-corrected chi connectivity index (χ2v) is 0.500. The number of rotatable bonds is 0. The summed E-state index contributed by atoms with van der Waals surface area (Å²) in [6.07, 6.45) is 0. The zero-order valence-corrected chi connectivity index (χ0v) is 12.0. The molecule has 0 aromatic carbocycles. The van der Waals surface area contributed by atoms with Crippen molar-refractivity contribution in [3.8, 4) is 0 Å². The van der Waals surface area contributed by atoms with Gasteiger partial charge in [-0.15, -0.1) is 0 Å². The fourth-order valence-corrected chi connectivity index (χ4v) is 0. The molecule has 0 amide bonds. The third kappa shape index (κ3) is 1840. The molecule has 0 bridgehead atoms. The molecule has 0 radical (unpaired) electrons. The number of hydrogen-bond acceptors (Lipinski definition) is 4. The molecule has 0 aromatic heterocycles. The van der Waals surface area contributed by atoms with Gasteiger partial charge in [0, 0.05) is 0 Å². The molecule has 9 nitrogen and oxygen atoms in total. The smallest absolute Gasteiger partial charge is 2.00 e. The fourth-order valence-electron chi connectivity index (χ4n) is 0. The third-order valence-electron chi connectivity index (χ3n) is 0. The average molecular weight is 386 g/mol. The fraction of sp³-hybridized carbons (Fsp3) is 0. The van der Waals surface area contributed by atoms with Gasteiger partial charge in [-0.2, -0.15) is 0 Å². The Morgan fingerprint density at radius 3 is 0.462 bits per heavy atom. The van der Waals surface area contributed by atoms with Crippen LogP contribution < -0.4 is 0 Å². The summed E-state index contributed by atoms with van der Waals surface area (Å²) in [7, 11) is -2.83. The van der Waals surface area contributed by atoms with E-state index in [2.05, 4.69) is 0 Å². The van der Waals surface area contributed by atoms with Crippen LogP contribution >= 0.6 is 0 Å². The van der Waals surface area contributed by atoms with Crippen molar-refractivity contribution < 1.29 is 90.0 Å². The Bertz CT molecular complexity index is 69.6. The van der Waals surface area contributed by atoms with E-state index in [-0.39, 0.29) is 72.1 Å². The first-order valence-electron chi connectivity index (χ1n) is 0.816. The van der Waals surface area contributed by atoms with Crippen LogP contribution in [-0.2, 0) is 90.0 Å². The molecule has 0 spiro atoms. The SMILES string of the molecule is O=[Si]=O.O=[Si]=O.[Nb+5].[Nb+5].[O-2].[O-2].[O-2].[O-2].[O-2]. The normalized spacial score (nSPS) is 1.23. The first kappa shape index (κ1) is 96.1. The van der Waals surface area contributed by atoms with E-state index in [0.717, 1.165) is 0 Å². The van der Waals surface area contributed by atoms with Gasteiger partial charge in [-0.1, -0.05) is 0 Å². The molecule has 0 fully saturated rings. The molecule has 0 saturated carbocycles. The van der Waals surface area contributed by atoms with E-state index in [1.165, 1.54) is 0 Å². The maximum atomic E-state index is 8.40. The molecule has 0 unspecified atom stereocenters. The Morgan fingerprint density at radius 1 is 0.462 bits per heavy atom. The van der Waals surface area contributed by atoms with Gasteiger partial charge in [0.2, 0.25) is 0 Å². The van der Waals surface area contributed by atoms with Crippen molar-refractivity contribution in [3.05, 3.63) is 0 Å². The minimum atomic E-state index is -1.42. The van der Waals surface area contributed by atoms with Crippen LogP contribution in [-0.4, -0.2) is 18.6 Å². The minimum Gasteiger partial charge on any atom is -2.00 e. The van der Waals surface area contributed by atoms with Crippen molar-refractivity contribution in [1.82, 2.24) is 0 Å². The second-order valence-electron chi connectivity index (χ2n) is 0.167. The predicted molar refractivity (Wildman–Crippen MR) is 17.7 cm³/mol. The average Bonchev–Trinajstić information content (AvgIpc) is 1.39. The Hall–Kier alpha value is 0.914. The molecule has 0 aliphatic carbocycles. The van der Waals surface area contributed by atoms with Crippen LogP contribution in [0.2, 0.25) is 0 Å². The van der Waals surface area contributed by atoms with E-state index in [4.69, 9.17) is 17.8 Å². The van der Waals surface area contributed by atoms with Crippen molar-refractivity contribution in [2.24, 2.45) is 0 Å². The van der Waals surface area contributed by atoms with Crippen LogP contribution in [0.3, 0.4) is 0 Å². The number of hydrogen-bond donors (Lipinski definition) is 0. The van der Waals surface area contributed by atoms with Crippen LogP contribution in [0.1, 0.15) is 0 Å². The summed E-state index contributed by atoms with van der Waals surface area (Å²) in [5.41, 5.74) is 0. The van der Waals surface area contributed by atoms with Crippen molar-refractivity contribution in [2.75, 3.05) is 0 Å². The first-order valence-corrected chi connectivity index (χ1v) is 2.45. The van der Waals surface area contributed by atoms with Crippen molar-refractivity contribution >= 4 is 18.6 Å². The summed E-state index contributed by atoms with van der Waals surface area (Å²) < 4.78 is 33.6. The Kier molecular flexibility index (Phi) is 1600. The van der Waals surface area contributed by atoms with Gasteiger partial charge in [-0.05, 0) is 0 Å². The molecule has 72 valence electrons. The van der Waals surface area contributed by atoms with Gasteiger partial charge >= 0.3 is 63.3 Å². The van der Waals surface area contributed by atoms with Crippen molar-refractivity contribution in [2.45, 2.75) is 0 Å². The van der Waals surface area contributed by atoms with E-state index in [1.807, 2.05) is 0 Å². The van der Waals surface area contributed by atoms with E-state index < -0.39 is 18.6 Å². The van der Waals surface area contributed by atoms with Gasteiger partial charge in [0.1, 0.15) is 0 Å². The van der Waals surface area contributed by atoms with Gasteiger partial charge in [0.25, 0.3) is 0 Å². The molecule has 0 aliphatic heterocycles. The van der Waals surface area contributed by atoms with E-state index in [0.29, 0.717) is 0 Å². The molecule has 13 heteroatoms. The molecule has 0 N–H and O–H groups in total.